The first-order chi connectivity index (χ1) is 11.7. The molecule has 0 spiro atoms. The van der Waals surface area contributed by atoms with Crippen LogP contribution in [0.25, 0.3) is 0 Å². The van der Waals surface area contributed by atoms with E-state index in [-0.39, 0.29) is 12.1 Å². The fraction of sp³-hybridized carbons (Fsp3) is 0.600. The predicted octanol–water partition coefficient (Wildman–Crippen LogP) is 2.52. The van der Waals surface area contributed by atoms with Gasteiger partial charge in [0.15, 0.2) is 0 Å². The minimum Gasteiger partial charge on any atom is -0.474 e. The summed E-state index contributed by atoms with van der Waals surface area (Å²) in [7, 11) is -3.95. The van der Waals surface area contributed by atoms with E-state index in [1.54, 1.807) is 12.1 Å². The Kier molecular flexibility index (Phi) is 6.24. The molecule has 138 valence electrons. The minimum absolute atomic E-state index is 0.142. The van der Waals surface area contributed by atoms with Gasteiger partial charge in [-0.2, -0.15) is 18.4 Å². The molecule has 1 saturated carbocycles. The molecule has 0 aromatic carbocycles. The predicted molar refractivity (Wildman–Crippen MR) is 83.2 cm³/mol. The third-order valence-electron chi connectivity index (χ3n) is 3.83. The van der Waals surface area contributed by atoms with Crippen LogP contribution in [0.4, 0.5) is 13.2 Å². The Labute approximate surface area is 144 Å². The van der Waals surface area contributed by atoms with Crippen molar-refractivity contribution in [2.24, 2.45) is 0 Å². The number of halogens is 3. The van der Waals surface area contributed by atoms with Crippen LogP contribution in [-0.2, 0) is 10.0 Å². The van der Waals surface area contributed by atoms with Crippen molar-refractivity contribution >= 4 is 10.0 Å². The number of hydrogen-bond donors (Lipinski definition) is 1. The summed E-state index contributed by atoms with van der Waals surface area (Å²) in [6.45, 7) is 0. The smallest absolute Gasteiger partial charge is 0.390 e. The number of nitriles is 1. The zero-order valence-electron chi connectivity index (χ0n) is 13.3. The van der Waals surface area contributed by atoms with E-state index in [1.807, 2.05) is 6.07 Å². The zero-order valence-corrected chi connectivity index (χ0v) is 14.1. The van der Waals surface area contributed by atoms with E-state index >= 15 is 0 Å². The lowest BCUT2D eigenvalue weighted by molar-refractivity contribution is -0.130. The van der Waals surface area contributed by atoms with Gasteiger partial charge in [0.2, 0.25) is 15.9 Å². The molecule has 1 aromatic rings. The van der Waals surface area contributed by atoms with Crippen LogP contribution >= 0.6 is 0 Å². The quantitative estimate of drug-likeness (QED) is 0.822. The summed E-state index contributed by atoms with van der Waals surface area (Å²) in [5.41, 5.74) is 0.421. The number of ether oxygens (including phenoxy) is 1. The first kappa shape index (κ1) is 19.5. The number of hydrogen-bond acceptors (Lipinski definition) is 5. The van der Waals surface area contributed by atoms with Crippen molar-refractivity contribution in [3.63, 3.8) is 0 Å². The Bertz CT molecular complexity index is 706. The molecule has 2 rings (SSSR count). The molecule has 0 amide bonds. The molecule has 0 saturated heterocycles. The molecule has 1 aromatic heterocycles. The van der Waals surface area contributed by atoms with Crippen LogP contribution in [0, 0.1) is 11.3 Å². The van der Waals surface area contributed by atoms with Crippen molar-refractivity contribution in [2.45, 2.75) is 50.4 Å². The van der Waals surface area contributed by atoms with E-state index in [0.29, 0.717) is 37.1 Å². The lowest BCUT2D eigenvalue weighted by atomic mass is 9.94. The number of aromatic nitrogens is 1. The van der Waals surface area contributed by atoms with Crippen LogP contribution in [0.15, 0.2) is 18.3 Å². The highest BCUT2D eigenvalue weighted by Gasteiger charge is 2.31. The van der Waals surface area contributed by atoms with Gasteiger partial charge in [-0.15, -0.1) is 0 Å². The first-order valence-electron chi connectivity index (χ1n) is 7.76. The lowest BCUT2D eigenvalue weighted by Crippen LogP contribution is -2.41. The van der Waals surface area contributed by atoms with Crippen molar-refractivity contribution in [3.05, 3.63) is 23.9 Å². The molecule has 1 aliphatic carbocycles. The van der Waals surface area contributed by atoms with Crippen molar-refractivity contribution < 1.29 is 26.3 Å². The highest BCUT2D eigenvalue weighted by molar-refractivity contribution is 7.89. The number of nitrogens with one attached hydrogen (secondary N) is 1. The minimum atomic E-state index is -4.49. The lowest BCUT2D eigenvalue weighted by Gasteiger charge is -2.29. The average molecular weight is 377 g/mol. The van der Waals surface area contributed by atoms with Gasteiger partial charge in [-0.25, -0.2) is 18.1 Å². The number of sulfonamides is 1. The summed E-state index contributed by atoms with van der Waals surface area (Å²) in [4.78, 5) is 4.01. The SMILES string of the molecule is N#Cc1ccc(OC2CCC(NS(=O)(=O)CCC(F)(F)F)CC2)nc1. The van der Waals surface area contributed by atoms with Gasteiger partial charge in [0.05, 0.1) is 17.7 Å². The number of nitrogens with zero attached hydrogens (tertiary/aromatic N) is 2. The van der Waals surface area contributed by atoms with Crippen LogP contribution in [0.1, 0.15) is 37.7 Å². The number of alkyl halides is 3. The Morgan fingerprint density at radius 1 is 1.28 bits per heavy atom. The summed E-state index contributed by atoms with van der Waals surface area (Å²) in [5.74, 6) is -0.574. The second-order valence-corrected chi connectivity index (χ2v) is 7.76. The average Bonchev–Trinajstić information content (AvgIpc) is 2.55. The third-order valence-corrected chi connectivity index (χ3v) is 5.26. The molecule has 10 heteroatoms. The molecule has 0 radical (unpaired) electrons. The standard InChI is InChI=1S/C15H18F3N3O3S/c16-15(17,18)7-8-25(22,23)21-12-2-4-13(5-3-12)24-14-6-1-11(9-19)10-20-14/h1,6,10,12-13,21H,2-5,7-8H2. The summed E-state index contributed by atoms with van der Waals surface area (Å²) in [6, 6.07) is 4.74. The summed E-state index contributed by atoms with van der Waals surface area (Å²) < 4.78 is 67.8. The van der Waals surface area contributed by atoms with Crippen LogP contribution in [0.2, 0.25) is 0 Å². The molecule has 0 unspecified atom stereocenters. The molecule has 0 aliphatic heterocycles. The monoisotopic (exact) mass is 377 g/mol. The third kappa shape index (κ3) is 6.88. The first-order valence-corrected chi connectivity index (χ1v) is 9.42. The second-order valence-electron chi connectivity index (χ2n) is 5.89. The normalized spacial score (nSPS) is 21.5. The van der Waals surface area contributed by atoms with E-state index in [1.165, 1.54) is 6.20 Å². The Morgan fingerprint density at radius 3 is 2.48 bits per heavy atom. The van der Waals surface area contributed by atoms with Gasteiger partial charge < -0.3 is 4.74 Å². The van der Waals surface area contributed by atoms with E-state index in [4.69, 9.17) is 10.00 Å². The van der Waals surface area contributed by atoms with Crippen LogP contribution in [0.5, 0.6) is 5.88 Å². The van der Waals surface area contributed by atoms with E-state index < -0.39 is 28.4 Å². The molecule has 1 fully saturated rings. The van der Waals surface area contributed by atoms with E-state index in [2.05, 4.69) is 9.71 Å². The van der Waals surface area contributed by atoms with Crippen molar-refractivity contribution in [3.8, 4) is 11.9 Å². The number of pyridine rings is 1. The topological polar surface area (TPSA) is 92.1 Å². The Hall–Kier alpha value is -1.86. The summed E-state index contributed by atoms with van der Waals surface area (Å²) in [5, 5.41) is 8.71. The van der Waals surface area contributed by atoms with Gasteiger partial charge in [0.25, 0.3) is 0 Å². The highest BCUT2D eigenvalue weighted by atomic mass is 32.2. The fourth-order valence-corrected chi connectivity index (χ4v) is 3.91. The van der Waals surface area contributed by atoms with Gasteiger partial charge in [-0.1, -0.05) is 0 Å². The van der Waals surface area contributed by atoms with Gasteiger partial charge in [0, 0.05) is 18.3 Å². The maximum Gasteiger partial charge on any atom is 0.390 e. The molecule has 1 heterocycles. The number of rotatable bonds is 6. The van der Waals surface area contributed by atoms with E-state index in [9.17, 15) is 21.6 Å². The molecule has 25 heavy (non-hydrogen) atoms. The van der Waals surface area contributed by atoms with Crippen molar-refractivity contribution in [2.75, 3.05) is 5.75 Å². The van der Waals surface area contributed by atoms with Gasteiger partial charge in [0.1, 0.15) is 12.2 Å². The fourth-order valence-electron chi connectivity index (χ4n) is 2.55. The molecule has 1 N–H and O–H groups in total. The zero-order chi connectivity index (χ0) is 18.5. The van der Waals surface area contributed by atoms with Crippen LogP contribution in [-0.4, -0.2) is 37.5 Å². The van der Waals surface area contributed by atoms with Crippen LogP contribution in [0.3, 0.4) is 0 Å². The molecule has 6 nitrogen and oxygen atoms in total. The molecular formula is C15H18F3N3O3S. The summed E-state index contributed by atoms with van der Waals surface area (Å²) in [6.07, 6.45) is -2.51. The molecule has 0 atom stereocenters. The van der Waals surface area contributed by atoms with Gasteiger partial charge in [-0.05, 0) is 31.7 Å². The molecular weight excluding hydrogens is 359 g/mol. The highest BCUT2D eigenvalue weighted by Crippen LogP contribution is 2.24. The Balaban J connectivity index is 1.78. The maximum atomic E-state index is 12.1. The van der Waals surface area contributed by atoms with Gasteiger partial charge in [-0.3, -0.25) is 0 Å². The largest absolute Gasteiger partial charge is 0.474 e. The molecule has 1 aliphatic rings. The van der Waals surface area contributed by atoms with E-state index in [0.717, 1.165) is 0 Å². The summed E-state index contributed by atoms with van der Waals surface area (Å²) >= 11 is 0. The van der Waals surface area contributed by atoms with Crippen molar-refractivity contribution in [1.82, 2.24) is 9.71 Å². The Morgan fingerprint density at radius 2 is 1.96 bits per heavy atom. The van der Waals surface area contributed by atoms with Crippen molar-refractivity contribution in [1.29, 1.82) is 5.26 Å². The van der Waals surface area contributed by atoms with Crippen LogP contribution < -0.4 is 9.46 Å². The second kappa shape index (κ2) is 8.01. The molecule has 0 bridgehead atoms. The maximum absolute atomic E-state index is 12.1. The van der Waals surface area contributed by atoms with Gasteiger partial charge >= 0.3 is 6.18 Å².